The van der Waals surface area contributed by atoms with Crippen molar-refractivity contribution in [3.05, 3.63) is 71.3 Å². The summed E-state index contributed by atoms with van der Waals surface area (Å²) in [6.45, 7) is 2.83. The number of nitrogens with zero attached hydrogens (tertiary/aromatic N) is 4. The molecule has 7 heteroatoms. The largest absolute Gasteiger partial charge is 0.490 e. The number of hydrogen-bond acceptors (Lipinski definition) is 5. The molecule has 3 rings (SSSR count). The van der Waals surface area contributed by atoms with Gasteiger partial charge in [0.1, 0.15) is 19.3 Å². The first-order chi connectivity index (χ1) is 12.3. The van der Waals surface area contributed by atoms with Crippen LogP contribution in [0, 0.1) is 0 Å². The van der Waals surface area contributed by atoms with Crippen LogP contribution in [0.5, 0.6) is 11.5 Å². The summed E-state index contributed by atoms with van der Waals surface area (Å²) in [6.07, 6.45) is 4.73. The summed E-state index contributed by atoms with van der Waals surface area (Å²) in [5.74, 6) is 1.31. The van der Waals surface area contributed by atoms with E-state index in [0.29, 0.717) is 29.7 Å². The van der Waals surface area contributed by atoms with Gasteiger partial charge < -0.3 is 9.47 Å². The van der Waals surface area contributed by atoms with Crippen LogP contribution in [0.4, 0.5) is 0 Å². The van der Waals surface area contributed by atoms with Crippen molar-refractivity contribution in [1.29, 1.82) is 0 Å². The summed E-state index contributed by atoms with van der Waals surface area (Å²) in [5, 5.41) is 12.3. The van der Waals surface area contributed by atoms with Crippen LogP contribution in [-0.4, -0.2) is 27.7 Å². The van der Waals surface area contributed by atoms with E-state index in [9.17, 15) is 0 Å². The van der Waals surface area contributed by atoms with Crippen LogP contribution in [0.3, 0.4) is 0 Å². The van der Waals surface area contributed by atoms with E-state index in [1.165, 1.54) is 17.3 Å². The average molecular weight is 357 g/mol. The van der Waals surface area contributed by atoms with E-state index >= 15 is 0 Å². The highest BCUT2D eigenvalue weighted by molar-refractivity contribution is 6.31. The zero-order chi connectivity index (χ0) is 17.5. The van der Waals surface area contributed by atoms with E-state index < -0.39 is 0 Å². The van der Waals surface area contributed by atoms with Crippen molar-refractivity contribution in [2.45, 2.75) is 13.5 Å². The molecule has 0 saturated heterocycles. The van der Waals surface area contributed by atoms with Crippen LogP contribution in [0.1, 0.15) is 18.1 Å². The lowest BCUT2D eigenvalue weighted by molar-refractivity contribution is 0.269. The third kappa shape index (κ3) is 4.58. The third-order valence-electron chi connectivity index (χ3n) is 3.36. The molecule has 0 N–H and O–H groups in total. The molecule has 0 radical (unpaired) electrons. The summed E-state index contributed by atoms with van der Waals surface area (Å²) in [7, 11) is 0. The van der Waals surface area contributed by atoms with Gasteiger partial charge in [0.05, 0.1) is 12.8 Å². The van der Waals surface area contributed by atoms with Crippen molar-refractivity contribution in [3.8, 4) is 11.5 Å². The van der Waals surface area contributed by atoms with Gasteiger partial charge in [-0.2, -0.15) is 5.10 Å². The van der Waals surface area contributed by atoms with Gasteiger partial charge >= 0.3 is 0 Å². The second-order valence-electron chi connectivity index (χ2n) is 5.11. The van der Waals surface area contributed by atoms with Crippen molar-refractivity contribution in [3.63, 3.8) is 0 Å². The van der Waals surface area contributed by atoms with Crippen molar-refractivity contribution in [2.75, 3.05) is 6.61 Å². The number of hydrogen-bond donors (Lipinski definition) is 0. The van der Waals surface area contributed by atoms with Gasteiger partial charge in [0.2, 0.25) is 0 Å². The monoisotopic (exact) mass is 356 g/mol. The SMILES string of the molecule is CCOc1cc(C=Nn2cnnc2)ccc1OCc1ccccc1Cl. The molecular formula is C18H17ClN4O2. The number of halogens is 1. The first-order valence-corrected chi connectivity index (χ1v) is 8.16. The summed E-state index contributed by atoms with van der Waals surface area (Å²) in [6, 6.07) is 13.2. The highest BCUT2D eigenvalue weighted by Gasteiger charge is 2.08. The fourth-order valence-electron chi connectivity index (χ4n) is 2.15. The Kier molecular flexibility index (Phi) is 5.64. The normalized spacial score (nSPS) is 11.0. The highest BCUT2D eigenvalue weighted by atomic mass is 35.5. The predicted octanol–water partition coefficient (Wildman–Crippen LogP) is 3.79. The van der Waals surface area contributed by atoms with Crippen molar-refractivity contribution >= 4 is 17.8 Å². The van der Waals surface area contributed by atoms with Crippen molar-refractivity contribution in [1.82, 2.24) is 14.9 Å². The van der Waals surface area contributed by atoms with Gasteiger partial charge in [-0.15, -0.1) is 10.2 Å². The Bertz CT molecular complexity index is 850. The molecule has 25 heavy (non-hydrogen) atoms. The number of benzene rings is 2. The standard InChI is InChI=1S/C18H17ClN4O2/c1-2-24-18-9-14(10-22-23-12-20-21-13-23)7-8-17(18)25-11-15-5-3-4-6-16(15)19/h3-10,12-13H,2,11H2,1H3. The second kappa shape index (κ2) is 8.30. The maximum Gasteiger partial charge on any atom is 0.161 e. The average Bonchev–Trinajstić information content (AvgIpc) is 3.14. The fourth-order valence-corrected chi connectivity index (χ4v) is 2.34. The van der Waals surface area contributed by atoms with Crippen molar-refractivity contribution < 1.29 is 9.47 Å². The Labute approximate surface area is 150 Å². The zero-order valence-electron chi connectivity index (χ0n) is 13.7. The molecule has 0 amide bonds. The molecule has 0 aliphatic heterocycles. The van der Waals surface area contributed by atoms with Crippen LogP contribution in [0.15, 0.2) is 60.2 Å². The molecule has 2 aromatic carbocycles. The second-order valence-corrected chi connectivity index (χ2v) is 5.51. The molecule has 1 aromatic heterocycles. The van der Waals surface area contributed by atoms with Crippen molar-refractivity contribution in [2.24, 2.45) is 5.10 Å². The minimum atomic E-state index is 0.369. The van der Waals surface area contributed by atoms with E-state index in [-0.39, 0.29) is 0 Å². The molecule has 0 fully saturated rings. The minimum absolute atomic E-state index is 0.369. The topological polar surface area (TPSA) is 61.5 Å². The molecule has 0 atom stereocenters. The molecule has 3 aromatic rings. The summed E-state index contributed by atoms with van der Waals surface area (Å²) >= 11 is 6.17. The van der Waals surface area contributed by atoms with Gasteiger partial charge in [-0.3, -0.25) is 0 Å². The van der Waals surface area contributed by atoms with Gasteiger partial charge in [-0.05, 0) is 36.8 Å². The molecule has 0 saturated carbocycles. The highest BCUT2D eigenvalue weighted by Crippen LogP contribution is 2.29. The van der Waals surface area contributed by atoms with Crippen LogP contribution in [0.25, 0.3) is 0 Å². The van der Waals surface area contributed by atoms with Gasteiger partial charge in [-0.25, -0.2) is 4.68 Å². The van der Waals surface area contributed by atoms with Gasteiger partial charge in [0, 0.05) is 10.6 Å². The molecule has 0 bridgehead atoms. The van der Waals surface area contributed by atoms with E-state index in [1.54, 1.807) is 6.21 Å². The molecule has 0 unspecified atom stereocenters. The molecular weight excluding hydrogens is 340 g/mol. The molecule has 0 spiro atoms. The lowest BCUT2D eigenvalue weighted by Gasteiger charge is -2.13. The fraction of sp³-hybridized carbons (Fsp3) is 0.167. The zero-order valence-corrected chi connectivity index (χ0v) is 14.4. The predicted molar refractivity (Wildman–Crippen MR) is 96.4 cm³/mol. The van der Waals surface area contributed by atoms with Crippen LogP contribution in [-0.2, 0) is 6.61 Å². The summed E-state index contributed by atoms with van der Waals surface area (Å²) in [5.41, 5.74) is 1.80. The van der Waals surface area contributed by atoms with Gasteiger partial charge in [0.25, 0.3) is 0 Å². The summed E-state index contributed by atoms with van der Waals surface area (Å²) in [4.78, 5) is 0. The van der Waals surface area contributed by atoms with Crippen LogP contribution < -0.4 is 9.47 Å². The van der Waals surface area contributed by atoms with E-state index in [4.69, 9.17) is 21.1 Å². The number of rotatable bonds is 7. The first-order valence-electron chi connectivity index (χ1n) is 7.78. The number of ether oxygens (including phenoxy) is 2. The lowest BCUT2D eigenvalue weighted by Crippen LogP contribution is -2.01. The molecule has 0 aliphatic rings. The number of aromatic nitrogens is 3. The van der Waals surface area contributed by atoms with E-state index in [2.05, 4.69) is 15.3 Å². The Morgan fingerprint density at radius 1 is 1.08 bits per heavy atom. The Morgan fingerprint density at radius 3 is 2.64 bits per heavy atom. The van der Waals surface area contributed by atoms with Crippen LogP contribution >= 0.6 is 11.6 Å². The Balaban J connectivity index is 1.76. The van der Waals surface area contributed by atoms with Gasteiger partial charge in [0.15, 0.2) is 11.5 Å². The van der Waals surface area contributed by atoms with E-state index in [0.717, 1.165) is 11.1 Å². The summed E-state index contributed by atoms with van der Waals surface area (Å²) < 4.78 is 13.1. The molecule has 0 aliphatic carbocycles. The quantitative estimate of drug-likeness (QED) is 0.604. The smallest absolute Gasteiger partial charge is 0.161 e. The third-order valence-corrected chi connectivity index (χ3v) is 3.72. The molecule has 6 nitrogen and oxygen atoms in total. The maximum absolute atomic E-state index is 6.17. The maximum atomic E-state index is 6.17. The van der Waals surface area contributed by atoms with Gasteiger partial charge in [-0.1, -0.05) is 29.8 Å². The molecule has 128 valence electrons. The van der Waals surface area contributed by atoms with E-state index in [1.807, 2.05) is 49.4 Å². The Morgan fingerprint density at radius 2 is 1.88 bits per heavy atom. The van der Waals surface area contributed by atoms with Crippen LogP contribution in [0.2, 0.25) is 5.02 Å². The molecule has 1 heterocycles. The lowest BCUT2D eigenvalue weighted by atomic mass is 10.2. The minimum Gasteiger partial charge on any atom is -0.490 e. The first kappa shape index (κ1) is 17.0. The Hall–Kier alpha value is -2.86.